The molecule has 0 radical (unpaired) electrons. The number of aromatic nitrogens is 2. The van der Waals surface area contributed by atoms with Crippen LogP contribution in [0.5, 0.6) is 0 Å². The number of ether oxygens (including phenoxy) is 1. The quantitative estimate of drug-likeness (QED) is 0.786. The van der Waals surface area contributed by atoms with Crippen LogP contribution in [0.25, 0.3) is 0 Å². The van der Waals surface area contributed by atoms with E-state index in [1.165, 1.54) is 12.5 Å². The monoisotopic (exact) mass is 414 g/mol. The van der Waals surface area contributed by atoms with Crippen LogP contribution in [0.15, 0.2) is 41.6 Å². The number of morpholine rings is 1. The molecule has 2 aromatic heterocycles. The van der Waals surface area contributed by atoms with E-state index in [9.17, 15) is 18.0 Å². The van der Waals surface area contributed by atoms with Crippen LogP contribution in [0.1, 0.15) is 10.4 Å². The van der Waals surface area contributed by atoms with Gasteiger partial charge in [0.15, 0.2) is 0 Å². The fraction of sp³-hybridized carbons (Fsp3) is 0.412. The van der Waals surface area contributed by atoms with Crippen LogP contribution < -0.4 is 4.90 Å². The number of furan rings is 1. The maximum atomic E-state index is 12.5. The number of fused-ring (bicyclic) bond motifs is 1. The normalized spacial score (nSPS) is 21.2. The van der Waals surface area contributed by atoms with Crippen LogP contribution >= 0.6 is 0 Å². The van der Waals surface area contributed by atoms with E-state index >= 15 is 0 Å². The minimum absolute atomic E-state index is 0.00612. The van der Waals surface area contributed by atoms with Crippen LogP contribution in [-0.4, -0.2) is 76.4 Å². The molecule has 0 bridgehead atoms. The van der Waals surface area contributed by atoms with E-state index in [1.807, 2.05) is 4.90 Å². The topological polar surface area (TPSA) is 109 Å². The summed E-state index contributed by atoms with van der Waals surface area (Å²) in [5.41, 5.74) is 0.574. The lowest BCUT2D eigenvalue weighted by molar-refractivity contribution is -0.192. The second-order valence-electron chi connectivity index (χ2n) is 6.26. The summed E-state index contributed by atoms with van der Waals surface area (Å²) in [7, 11) is 0. The Morgan fingerprint density at radius 1 is 1.24 bits per heavy atom. The molecular formula is C17H17F3N4O5. The number of carbonyl (C=O) groups excluding carboxylic acids is 1. The van der Waals surface area contributed by atoms with Crippen LogP contribution in [0, 0.1) is 0 Å². The van der Waals surface area contributed by atoms with Crippen molar-refractivity contribution in [3.05, 3.63) is 42.7 Å². The van der Waals surface area contributed by atoms with Crippen molar-refractivity contribution >= 4 is 17.7 Å². The molecule has 29 heavy (non-hydrogen) atoms. The van der Waals surface area contributed by atoms with E-state index in [4.69, 9.17) is 19.1 Å². The molecule has 0 aliphatic carbocycles. The number of aliphatic carboxylic acids is 1. The molecule has 12 heteroatoms. The lowest BCUT2D eigenvalue weighted by Gasteiger charge is -2.37. The first-order valence-electron chi connectivity index (χ1n) is 8.53. The largest absolute Gasteiger partial charge is 0.490 e. The standard InChI is InChI=1S/C15H16N4O3.C2HF3O2/c20-15(11-1-5-21-10-11)18-8-12-13(9-18)22-6-4-19(12)14-7-16-2-3-17-14;3-2(4,5)1(6)7/h1-3,5,7,10,12-13H,4,6,8-9H2;(H,6,7)/t12-,13+;/m1./s1. The lowest BCUT2D eigenvalue weighted by Crippen LogP contribution is -2.51. The van der Waals surface area contributed by atoms with E-state index in [0.717, 1.165) is 12.4 Å². The number of halogens is 3. The lowest BCUT2D eigenvalue weighted by atomic mass is 10.1. The number of hydrogen-bond acceptors (Lipinski definition) is 7. The number of anilines is 1. The molecule has 0 aromatic carbocycles. The zero-order valence-corrected chi connectivity index (χ0v) is 15.0. The molecule has 0 saturated carbocycles. The summed E-state index contributed by atoms with van der Waals surface area (Å²) in [6, 6.07) is 1.80. The number of carbonyl (C=O) groups is 2. The van der Waals surface area contributed by atoms with E-state index in [2.05, 4.69) is 14.9 Å². The second kappa shape index (κ2) is 8.47. The summed E-state index contributed by atoms with van der Waals surface area (Å²) in [6.45, 7) is 2.59. The summed E-state index contributed by atoms with van der Waals surface area (Å²) in [5, 5.41) is 7.12. The third kappa shape index (κ3) is 4.83. The van der Waals surface area contributed by atoms with Crippen LogP contribution in [-0.2, 0) is 9.53 Å². The number of likely N-dealkylation sites (tertiary alicyclic amines) is 1. The SMILES string of the molecule is O=C(O)C(F)(F)F.O=C(c1ccoc1)N1C[C@@H]2OCCN(c3cnccn3)[C@@H]2C1. The van der Waals surface area contributed by atoms with Crippen molar-refractivity contribution in [3.63, 3.8) is 0 Å². The number of rotatable bonds is 2. The van der Waals surface area contributed by atoms with Gasteiger partial charge in [-0.05, 0) is 6.07 Å². The number of carboxylic acid groups (broad SMARTS) is 1. The fourth-order valence-corrected chi connectivity index (χ4v) is 3.15. The van der Waals surface area contributed by atoms with Gasteiger partial charge in [-0.1, -0.05) is 0 Å². The van der Waals surface area contributed by atoms with Crippen molar-refractivity contribution in [1.29, 1.82) is 0 Å². The highest BCUT2D eigenvalue weighted by molar-refractivity contribution is 5.94. The summed E-state index contributed by atoms with van der Waals surface area (Å²) >= 11 is 0. The summed E-state index contributed by atoms with van der Waals surface area (Å²) in [6.07, 6.45) is 3.01. The van der Waals surface area contributed by atoms with E-state index in [0.29, 0.717) is 25.3 Å². The molecule has 2 aromatic rings. The molecule has 2 aliphatic heterocycles. The highest BCUT2D eigenvalue weighted by Crippen LogP contribution is 2.27. The van der Waals surface area contributed by atoms with Gasteiger partial charge < -0.3 is 24.1 Å². The molecule has 9 nitrogen and oxygen atoms in total. The Hall–Kier alpha value is -3.15. The zero-order chi connectivity index (χ0) is 21.0. The summed E-state index contributed by atoms with van der Waals surface area (Å²) in [5.74, 6) is -1.95. The van der Waals surface area contributed by atoms with Crippen LogP contribution in [0.2, 0.25) is 0 Å². The first kappa shape index (κ1) is 20.6. The Morgan fingerprint density at radius 2 is 2.00 bits per heavy atom. The maximum Gasteiger partial charge on any atom is 0.490 e. The van der Waals surface area contributed by atoms with Gasteiger partial charge in [-0.15, -0.1) is 0 Å². The number of alkyl halides is 3. The Morgan fingerprint density at radius 3 is 2.59 bits per heavy atom. The molecule has 0 unspecified atom stereocenters. The van der Waals surface area contributed by atoms with Crippen LogP contribution in [0.3, 0.4) is 0 Å². The van der Waals surface area contributed by atoms with Gasteiger partial charge in [-0.3, -0.25) is 9.78 Å². The Labute approximate surface area is 162 Å². The van der Waals surface area contributed by atoms with Crippen molar-refractivity contribution in [2.75, 3.05) is 31.1 Å². The first-order chi connectivity index (χ1) is 13.8. The Balaban J connectivity index is 0.000000298. The van der Waals surface area contributed by atoms with Crippen molar-refractivity contribution in [3.8, 4) is 0 Å². The smallest absolute Gasteiger partial charge is 0.475 e. The Bertz CT molecular complexity index is 831. The van der Waals surface area contributed by atoms with E-state index in [1.54, 1.807) is 24.7 Å². The predicted octanol–water partition coefficient (Wildman–Crippen LogP) is 1.43. The molecule has 4 rings (SSSR count). The van der Waals surface area contributed by atoms with Crippen molar-refractivity contribution in [2.45, 2.75) is 18.3 Å². The van der Waals surface area contributed by atoms with Gasteiger partial charge in [0.05, 0.1) is 36.8 Å². The molecule has 2 fully saturated rings. The molecule has 2 saturated heterocycles. The minimum Gasteiger partial charge on any atom is -0.475 e. The number of nitrogens with zero attached hydrogens (tertiary/aromatic N) is 4. The average molecular weight is 414 g/mol. The van der Waals surface area contributed by atoms with E-state index < -0.39 is 12.1 Å². The summed E-state index contributed by atoms with van der Waals surface area (Å²) in [4.78, 5) is 33.9. The molecule has 1 N–H and O–H groups in total. The molecule has 156 valence electrons. The average Bonchev–Trinajstić information content (AvgIpc) is 3.37. The van der Waals surface area contributed by atoms with Gasteiger partial charge in [-0.2, -0.15) is 13.2 Å². The van der Waals surface area contributed by atoms with Gasteiger partial charge in [0.2, 0.25) is 0 Å². The molecule has 4 heterocycles. The van der Waals surface area contributed by atoms with Gasteiger partial charge in [0.25, 0.3) is 5.91 Å². The van der Waals surface area contributed by atoms with Crippen molar-refractivity contribution < 1.29 is 37.0 Å². The highest BCUT2D eigenvalue weighted by Gasteiger charge is 2.42. The Kier molecular flexibility index (Phi) is 6.01. The van der Waals surface area contributed by atoms with Gasteiger partial charge >= 0.3 is 12.1 Å². The van der Waals surface area contributed by atoms with E-state index in [-0.39, 0.29) is 18.1 Å². The van der Waals surface area contributed by atoms with Gasteiger partial charge in [-0.25, -0.2) is 9.78 Å². The third-order valence-corrected chi connectivity index (χ3v) is 4.44. The number of carboxylic acids is 1. The molecule has 1 amide bonds. The highest BCUT2D eigenvalue weighted by atomic mass is 19.4. The van der Waals surface area contributed by atoms with Crippen LogP contribution in [0.4, 0.5) is 19.0 Å². The van der Waals surface area contributed by atoms with Crippen molar-refractivity contribution in [2.24, 2.45) is 0 Å². The molecule has 2 aliphatic rings. The van der Waals surface area contributed by atoms with Crippen molar-refractivity contribution in [1.82, 2.24) is 14.9 Å². The number of hydrogen-bond donors (Lipinski definition) is 1. The van der Waals surface area contributed by atoms with Gasteiger partial charge in [0, 0.05) is 32.0 Å². The predicted molar refractivity (Wildman–Crippen MR) is 91.2 cm³/mol. The molecular weight excluding hydrogens is 397 g/mol. The molecule has 2 atom stereocenters. The zero-order valence-electron chi connectivity index (χ0n) is 15.0. The first-order valence-corrected chi connectivity index (χ1v) is 8.53. The fourth-order valence-electron chi connectivity index (χ4n) is 3.15. The van der Waals surface area contributed by atoms with Gasteiger partial charge in [0.1, 0.15) is 12.1 Å². The third-order valence-electron chi connectivity index (χ3n) is 4.44. The molecule has 0 spiro atoms. The number of amides is 1. The minimum atomic E-state index is -5.08. The second-order valence-corrected chi connectivity index (χ2v) is 6.26. The maximum absolute atomic E-state index is 12.5. The summed E-state index contributed by atoms with van der Waals surface area (Å²) < 4.78 is 42.6.